The Morgan fingerprint density at radius 1 is 1.50 bits per heavy atom. The number of hydrogen-bond donors (Lipinski definition) is 2. The van der Waals surface area contributed by atoms with Crippen molar-refractivity contribution in [3.05, 3.63) is 0 Å². The molecule has 1 aliphatic rings. The van der Waals surface area contributed by atoms with Crippen molar-refractivity contribution in [3.63, 3.8) is 0 Å². The number of morpholine rings is 1. The highest BCUT2D eigenvalue weighted by molar-refractivity contribution is 5.57. The Bertz CT molecular complexity index is 187. The van der Waals surface area contributed by atoms with E-state index in [1.165, 1.54) is 5.31 Å². The van der Waals surface area contributed by atoms with Gasteiger partial charge in [-0.2, -0.15) is 0 Å². The van der Waals surface area contributed by atoms with Crippen molar-refractivity contribution in [3.8, 4) is 0 Å². The number of nitrogens with one attached hydrogen (secondary N) is 1. The van der Waals surface area contributed by atoms with Gasteiger partial charge in [0.15, 0.2) is 0 Å². The molecule has 84 valence electrons. The highest BCUT2D eigenvalue weighted by Crippen LogP contribution is 2.05. The number of hydrogen-bond acceptors (Lipinski definition) is 4. The average Bonchev–Trinajstić information content (AvgIpc) is 2.01. The van der Waals surface area contributed by atoms with E-state index in [0.29, 0.717) is 0 Å². The normalized spacial score (nSPS) is 18.9. The van der Waals surface area contributed by atoms with Gasteiger partial charge in [0.1, 0.15) is 7.01 Å². The largest absolute Gasteiger partial charge is 0.506 e. The molecule has 0 saturated carbocycles. The van der Waals surface area contributed by atoms with Crippen LogP contribution in [0.2, 0.25) is 1.41 Å². The molecule has 1 aliphatic heterocycles. The summed E-state index contributed by atoms with van der Waals surface area (Å²) in [5.41, 5.74) is -0.578. The molecule has 1 fully saturated rings. The van der Waals surface area contributed by atoms with E-state index in [1.807, 2.05) is 0 Å². The summed E-state index contributed by atoms with van der Waals surface area (Å²) in [6, 6.07) is 0. The monoisotopic (exact) mass is 206 g/mol. The first-order valence-corrected chi connectivity index (χ1v) is 4.55. The van der Waals surface area contributed by atoms with E-state index in [4.69, 9.17) is 11.3 Å². The molecule has 1 rings (SSSR count). The molecule has 0 aromatic rings. The van der Waals surface area contributed by atoms with E-state index in [0.717, 1.165) is 26.3 Å². The fraction of sp³-hybridized carbons (Fsp3) is 0.889. The summed E-state index contributed by atoms with van der Waals surface area (Å²) in [7, 11) is 0. The van der Waals surface area contributed by atoms with Crippen molar-refractivity contribution in [2.45, 2.75) is 26.4 Å². The van der Waals surface area contributed by atoms with Gasteiger partial charge in [0.2, 0.25) is 0 Å². The van der Waals surface area contributed by atoms with Crippen molar-refractivity contribution in [1.29, 1.82) is 0 Å². The Kier molecular flexibility index (Phi) is 5.32. The Hall–Kier alpha value is -0.810. The van der Waals surface area contributed by atoms with E-state index in [2.05, 4.69) is 4.74 Å². The third kappa shape index (κ3) is 11.2. The molecule has 5 nitrogen and oxygen atoms in total. The van der Waals surface area contributed by atoms with Gasteiger partial charge in [-0.25, -0.2) is 4.79 Å². The van der Waals surface area contributed by atoms with E-state index >= 15 is 0 Å². The number of rotatable bonds is 0. The summed E-state index contributed by atoms with van der Waals surface area (Å²) < 4.78 is 16.4. The molecule has 0 spiro atoms. The quantitative estimate of drug-likeness (QED) is 0.581. The van der Waals surface area contributed by atoms with Crippen LogP contribution < -0.4 is 5.31 Å². The molecule has 0 aromatic carbocycles. The third-order valence-electron chi connectivity index (χ3n) is 1.18. The lowest BCUT2D eigenvalue weighted by molar-refractivity contribution is 0.0150. The predicted octanol–water partition coefficient (Wildman–Crippen LogP) is 1.09. The van der Waals surface area contributed by atoms with Crippen LogP contribution >= 0.6 is 0 Å². The first kappa shape index (κ1) is 11.3. The second-order valence-corrected chi connectivity index (χ2v) is 3.76. The van der Waals surface area contributed by atoms with Gasteiger partial charge in [0.25, 0.3) is 0 Å². The molecule has 0 unspecified atom stereocenters. The van der Waals surface area contributed by atoms with E-state index in [1.54, 1.807) is 20.8 Å². The minimum Gasteiger partial charge on any atom is -0.450 e. The van der Waals surface area contributed by atoms with Crippen LogP contribution in [0.15, 0.2) is 0 Å². The first-order chi connectivity index (χ1) is 6.81. The van der Waals surface area contributed by atoms with Crippen molar-refractivity contribution < 1.29 is 20.8 Å². The Morgan fingerprint density at radius 3 is 2.14 bits per heavy atom. The van der Waals surface area contributed by atoms with Gasteiger partial charge < -0.3 is 19.9 Å². The molecule has 2 N–H and O–H groups in total. The molecule has 5 heteroatoms. The summed E-state index contributed by atoms with van der Waals surface area (Å²) in [5.74, 6) is 0. The predicted molar refractivity (Wildman–Crippen MR) is 52.6 cm³/mol. The molecule has 0 aromatic heterocycles. The zero-order chi connectivity index (χ0) is 11.9. The number of carbonyl (C=O) groups is 1. The van der Waals surface area contributed by atoms with Crippen LogP contribution in [-0.4, -0.2) is 43.2 Å². The molecular weight excluding hydrogens is 186 g/mol. The summed E-state index contributed by atoms with van der Waals surface area (Å²) >= 11 is 0. The van der Waals surface area contributed by atoms with Crippen LogP contribution in [-0.2, 0) is 9.47 Å². The van der Waals surface area contributed by atoms with Crippen LogP contribution in [0, 0.1) is 0 Å². The lowest BCUT2D eigenvalue weighted by atomic mass is 10.2. The molecule has 1 heterocycles. The van der Waals surface area contributed by atoms with Crippen LogP contribution in [0.1, 0.15) is 20.8 Å². The molecule has 0 atom stereocenters. The second-order valence-electron chi connectivity index (χ2n) is 3.76. The van der Waals surface area contributed by atoms with E-state index in [9.17, 15) is 4.79 Å². The SMILES string of the molecule is CC(C)(C)OC(=O)O.[2H]N1CCOCC1. The van der Waals surface area contributed by atoms with Gasteiger partial charge in [-0.05, 0) is 20.8 Å². The van der Waals surface area contributed by atoms with E-state index < -0.39 is 11.8 Å². The Labute approximate surface area is 85.9 Å². The zero-order valence-electron chi connectivity index (χ0n) is 9.95. The van der Waals surface area contributed by atoms with Crippen LogP contribution in [0.25, 0.3) is 0 Å². The summed E-state index contributed by atoms with van der Waals surface area (Å²) in [6.07, 6.45) is -1.22. The molecule has 0 bridgehead atoms. The molecule has 0 aliphatic carbocycles. The fourth-order valence-electron chi connectivity index (χ4n) is 0.734. The molecule has 0 radical (unpaired) electrons. The Morgan fingerprint density at radius 2 is 2.00 bits per heavy atom. The topological polar surface area (TPSA) is 67.8 Å². The molecule has 1 saturated heterocycles. The van der Waals surface area contributed by atoms with Gasteiger partial charge in [0.05, 0.1) is 13.2 Å². The standard InChI is InChI=1S/C5H10O3.C4H9NO/c1-5(2,3)8-4(6)7;1-3-6-4-2-5-1/h1-3H3,(H,6,7);5H,1-4H2/i/hD. The zero-order valence-corrected chi connectivity index (χ0v) is 8.95. The van der Waals surface area contributed by atoms with Crippen molar-refractivity contribution >= 4 is 6.16 Å². The average molecular weight is 206 g/mol. The summed E-state index contributed by atoms with van der Waals surface area (Å²) in [5, 5.41) is 9.54. The minimum atomic E-state index is -1.22. The molecule has 14 heavy (non-hydrogen) atoms. The van der Waals surface area contributed by atoms with Gasteiger partial charge in [-0.3, -0.25) is 0 Å². The fourth-order valence-corrected chi connectivity index (χ4v) is 0.734. The summed E-state index contributed by atoms with van der Waals surface area (Å²) in [4.78, 5) is 9.79. The first-order valence-electron chi connectivity index (χ1n) is 4.99. The maximum Gasteiger partial charge on any atom is 0.506 e. The van der Waals surface area contributed by atoms with Crippen molar-refractivity contribution in [2.75, 3.05) is 26.3 Å². The summed E-state index contributed by atoms with van der Waals surface area (Å²) in [6.45, 7) is 8.02. The number of ether oxygens (including phenoxy) is 2. The highest BCUT2D eigenvalue weighted by atomic mass is 16.7. The van der Waals surface area contributed by atoms with Crippen molar-refractivity contribution in [1.82, 2.24) is 5.31 Å². The van der Waals surface area contributed by atoms with Crippen LogP contribution in [0.5, 0.6) is 0 Å². The maximum absolute atomic E-state index is 9.79. The van der Waals surface area contributed by atoms with Crippen molar-refractivity contribution in [2.24, 2.45) is 0 Å². The van der Waals surface area contributed by atoms with Gasteiger partial charge in [0, 0.05) is 13.1 Å². The van der Waals surface area contributed by atoms with Gasteiger partial charge >= 0.3 is 6.16 Å². The van der Waals surface area contributed by atoms with Crippen LogP contribution in [0.3, 0.4) is 0 Å². The van der Waals surface area contributed by atoms with E-state index in [-0.39, 0.29) is 0 Å². The van der Waals surface area contributed by atoms with Gasteiger partial charge in [-0.15, -0.1) is 0 Å². The highest BCUT2D eigenvalue weighted by Gasteiger charge is 2.13. The minimum absolute atomic E-state index is 0.578. The molecular formula is C9H19NO4. The number of carboxylic acid groups (broad SMARTS) is 1. The Balaban J connectivity index is 0.000000262. The molecule has 0 amide bonds. The lowest BCUT2D eigenvalue weighted by Gasteiger charge is -2.15. The smallest absolute Gasteiger partial charge is 0.450 e. The van der Waals surface area contributed by atoms with Crippen LogP contribution in [0.4, 0.5) is 4.79 Å². The maximum atomic E-state index is 9.79. The second kappa shape index (κ2) is 6.62. The lowest BCUT2D eigenvalue weighted by Crippen LogP contribution is -2.30. The third-order valence-corrected chi connectivity index (χ3v) is 1.18. The van der Waals surface area contributed by atoms with Gasteiger partial charge in [-0.1, -0.05) is 0 Å².